The fourth-order valence-corrected chi connectivity index (χ4v) is 1.90. The molecule has 19 heavy (non-hydrogen) atoms. The number of aliphatic imine (C=N–C) groups is 1. The molecule has 0 fully saturated rings. The van der Waals surface area contributed by atoms with Crippen molar-refractivity contribution in [3.8, 4) is 5.75 Å². The highest BCUT2D eigenvalue weighted by Crippen LogP contribution is 2.20. The molecule has 1 aliphatic rings. The molecule has 2 N–H and O–H groups in total. The molecule has 0 radical (unpaired) electrons. The van der Waals surface area contributed by atoms with Gasteiger partial charge in [0.05, 0.1) is 6.04 Å². The largest absolute Gasteiger partial charge is 0.490 e. The predicted molar refractivity (Wildman–Crippen MR) is 67.0 cm³/mol. The molecule has 0 saturated carbocycles. The van der Waals surface area contributed by atoms with Crippen molar-refractivity contribution < 1.29 is 18.3 Å². The van der Waals surface area contributed by atoms with E-state index in [0.29, 0.717) is 18.8 Å². The van der Waals surface area contributed by atoms with E-state index in [4.69, 9.17) is 15.2 Å². The van der Waals surface area contributed by atoms with Crippen LogP contribution in [0, 0.1) is 11.6 Å². The molecule has 1 aromatic rings. The molecule has 0 spiro atoms. The van der Waals surface area contributed by atoms with Gasteiger partial charge in [0.15, 0.2) is 11.6 Å². The molecule has 2 atom stereocenters. The lowest BCUT2D eigenvalue weighted by molar-refractivity contribution is 0.167. The van der Waals surface area contributed by atoms with Crippen LogP contribution in [0.1, 0.15) is 19.8 Å². The van der Waals surface area contributed by atoms with E-state index in [1.54, 1.807) is 0 Å². The Balaban J connectivity index is 1.96. The van der Waals surface area contributed by atoms with E-state index < -0.39 is 11.6 Å². The van der Waals surface area contributed by atoms with E-state index in [-0.39, 0.29) is 18.2 Å². The molecule has 0 bridgehead atoms. The second kappa shape index (κ2) is 5.86. The predicted octanol–water partition coefficient (Wildman–Crippen LogP) is 2.23. The third-order valence-electron chi connectivity index (χ3n) is 2.92. The zero-order chi connectivity index (χ0) is 13.8. The average Bonchev–Trinajstić information content (AvgIpc) is 2.78. The van der Waals surface area contributed by atoms with Crippen LogP contribution in [-0.2, 0) is 4.74 Å². The Hall–Kier alpha value is -1.85. The Morgan fingerprint density at radius 1 is 1.47 bits per heavy atom. The minimum atomic E-state index is -0.918. The van der Waals surface area contributed by atoms with Crippen molar-refractivity contribution >= 4 is 6.02 Å². The molecule has 104 valence electrons. The highest BCUT2D eigenvalue weighted by Gasteiger charge is 2.22. The van der Waals surface area contributed by atoms with Crippen LogP contribution in [0.25, 0.3) is 0 Å². The second-order valence-electron chi connectivity index (χ2n) is 4.39. The number of benzene rings is 1. The maximum atomic E-state index is 13.1. The third-order valence-corrected chi connectivity index (χ3v) is 2.92. The minimum Gasteiger partial charge on any atom is -0.490 e. The van der Waals surface area contributed by atoms with Gasteiger partial charge in [-0.25, -0.2) is 13.8 Å². The Morgan fingerprint density at radius 2 is 2.26 bits per heavy atom. The van der Waals surface area contributed by atoms with E-state index >= 15 is 0 Å². The summed E-state index contributed by atoms with van der Waals surface area (Å²) < 4.78 is 36.6. The van der Waals surface area contributed by atoms with Crippen molar-refractivity contribution in [2.45, 2.75) is 31.9 Å². The standard InChI is InChI=1S/C13H16F2N2O2/c1-2-9(5-8-7-18-13(16)17-8)19-10-3-4-11(14)12(15)6-10/h3-4,6,8-9H,2,5,7H2,1H3,(H2,16,17)/t8-,9-/m0/s1. The van der Waals surface area contributed by atoms with E-state index in [9.17, 15) is 8.78 Å². The third kappa shape index (κ3) is 3.56. The first-order valence-corrected chi connectivity index (χ1v) is 6.16. The van der Waals surface area contributed by atoms with Crippen molar-refractivity contribution in [2.24, 2.45) is 10.7 Å². The van der Waals surface area contributed by atoms with Gasteiger partial charge in [-0.3, -0.25) is 0 Å². The number of ether oxygens (including phenoxy) is 2. The fourth-order valence-electron chi connectivity index (χ4n) is 1.90. The Morgan fingerprint density at radius 3 is 2.84 bits per heavy atom. The van der Waals surface area contributed by atoms with Gasteiger partial charge in [0.25, 0.3) is 6.02 Å². The lowest BCUT2D eigenvalue weighted by Crippen LogP contribution is -2.22. The normalized spacial score (nSPS) is 19.7. The van der Waals surface area contributed by atoms with Gasteiger partial charge < -0.3 is 15.2 Å². The lowest BCUT2D eigenvalue weighted by Gasteiger charge is -2.19. The quantitative estimate of drug-likeness (QED) is 0.892. The van der Waals surface area contributed by atoms with Gasteiger partial charge in [-0.05, 0) is 18.6 Å². The van der Waals surface area contributed by atoms with Gasteiger partial charge in [-0.1, -0.05) is 6.92 Å². The molecular weight excluding hydrogens is 254 g/mol. The summed E-state index contributed by atoms with van der Waals surface area (Å²) in [6.07, 6.45) is 1.20. The monoisotopic (exact) mass is 270 g/mol. The van der Waals surface area contributed by atoms with Crippen LogP contribution in [0.15, 0.2) is 23.2 Å². The van der Waals surface area contributed by atoms with E-state index in [1.807, 2.05) is 6.92 Å². The number of hydrogen-bond acceptors (Lipinski definition) is 4. The van der Waals surface area contributed by atoms with Gasteiger partial charge in [-0.15, -0.1) is 0 Å². The van der Waals surface area contributed by atoms with Gasteiger partial charge in [0.1, 0.15) is 18.5 Å². The molecule has 6 heteroatoms. The summed E-state index contributed by atoms with van der Waals surface area (Å²) in [7, 11) is 0. The number of rotatable bonds is 5. The first-order valence-electron chi connectivity index (χ1n) is 6.16. The van der Waals surface area contributed by atoms with Crippen LogP contribution in [0.2, 0.25) is 0 Å². The molecule has 1 aromatic carbocycles. The number of nitrogens with two attached hydrogens (primary N) is 1. The maximum Gasteiger partial charge on any atom is 0.282 e. The van der Waals surface area contributed by atoms with Crippen LogP contribution >= 0.6 is 0 Å². The Kier molecular flexibility index (Phi) is 4.19. The zero-order valence-electron chi connectivity index (χ0n) is 10.6. The molecule has 0 unspecified atom stereocenters. The van der Waals surface area contributed by atoms with E-state index in [2.05, 4.69) is 4.99 Å². The van der Waals surface area contributed by atoms with Gasteiger partial charge >= 0.3 is 0 Å². The lowest BCUT2D eigenvalue weighted by atomic mass is 10.1. The van der Waals surface area contributed by atoms with Gasteiger partial charge in [0.2, 0.25) is 0 Å². The molecule has 2 rings (SSSR count). The van der Waals surface area contributed by atoms with E-state index in [0.717, 1.165) is 18.6 Å². The molecule has 4 nitrogen and oxygen atoms in total. The summed E-state index contributed by atoms with van der Waals surface area (Å²) in [4.78, 5) is 4.11. The Bertz CT molecular complexity index is 480. The molecule has 0 aromatic heterocycles. The fraction of sp³-hybridized carbons (Fsp3) is 0.462. The highest BCUT2D eigenvalue weighted by atomic mass is 19.2. The summed E-state index contributed by atoms with van der Waals surface area (Å²) in [6, 6.07) is 3.64. The van der Waals surface area contributed by atoms with Crippen LogP contribution in [0.5, 0.6) is 5.75 Å². The van der Waals surface area contributed by atoms with Crippen LogP contribution in [0.4, 0.5) is 8.78 Å². The Labute approximate surface area is 110 Å². The summed E-state index contributed by atoms with van der Waals surface area (Å²) >= 11 is 0. The van der Waals surface area contributed by atoms with Crippen molar-refractivity contribution in [2.75, 3.05) is 6.61 Å². The van der Waals surface area contributed by atoms with Crippen molar-refractivity contribution in [3.05, 3.63) is 29.8 Å². The number of halogens is 2. The topological polar surface area (TPSA) is 56.8 Å². The van der Waals surface area contributed by atoms with Crippen LogP contribution in [-0.4, -0.2) is 24.8 Å². The molecule has 1 heterocycles. The van der Waals surface area contributed by atoms with Gasteiger partial charge in [0, 0.05) is 12.5 Å². The van der Waals surface area contributed by atoms with Crippen LogP contribution in [0.3, 0.4) is 0 Å². The number of amidine groups is 1. The first kappa shape index (κ1) is 13.6. The van der Waals surface area contributed by atoms with Crippen LogP contribution < -0.4 is 10.5 Å². The van der Waals surface area contributed by atoms with E-state index in [1.165, 1.54) is 6.07 Å². The number of nitrogens with zero attached hydrogens (tertiary/aromatic N) is 1. The summed E-state index contributed by atoms with van der Waals surface area (Å²) in [5, 5.41) is 0. The van der Waals surface area contributed by atoms with Crippen molar-refractivity contribution in [1.82, 2.24) is 0 Å². The summed E-state index contributed by atoms with van der Waals surface area (Å²) in [5.41, 5.74) is 5.43. The minimum absolute atomic E-state index is 0.0461. The first-order chi connectivity index (χ1) is 9.08. The van der Waals surface area contributed by atoms with Crippen molar-refractivity contribution in [3.63, 3.8) is 0 Å². The molecule has 0 aliphatic carbocycles. The van der Waals surface area contributed by atoms with Gasteiger partial charge in [-0.2, -0.15) is 0 Å². The average molecular weight is 270 g/mol. The smallest absolute Gasteiger partial charge is 0.282 e. The second-order valence-corrected chi connectivity index (χ2v) is 4.39. The number of hydrogen-bond donors (Lipinski definition) is 1. The summed E-state index contributed by atoms with van der Waals surface area (Å²) in [6.45, 7) is 2.39. The molecular formula is C13H16F2N2O2. The molecule has 0 amide bonds. The highest BCUT2D eigenvalue weighted by molar-refractivity contribution is 5.73. The summed E-state index contributed by atoms with van der Waals surface area (Å²) in [5.74, 6) is -1.50. The van der Waals surface area contributed by atoms with Crippen molar-refractivity contribution in [1.29, 1.82) is 0 Å². The SMILES string of the molecule is CC[C@@H](C[C@H]1COC(N)=N1)Oc1ccc(F)c(F)c1. The zero-order valence-corrected chi connectivity index (χ0v) is 10.6. The molecule has 0 saturated heterocycles. The molecule has 1 aliphatic heterocycles. The maximum absolute atomic E-state index is 13.1.